The molecule has 0 amide bonds. The van der Waals surface area contributed by atoms with Crippen molar-refractivity contribution in [2.24, 2.45) is 5.92 Å². The number of methoxy groups -OCH3 is 1. The average Bonchev–Trinajstić information content (AvgIpc) is 3.49. The Kier molecular flexibility index (Phi) is 7.33. The molecule has 39 heavy (non-hydrogen) atoms. The third-order valence-corrected chi connectivity index (χ3v) is 9.82. The van der Waals surface area contributed by atoms with Gasteiger partial charge in [-0.3, -0.25) is 4.72 Å². The number of anilines is 1. The zero-order chi connectivity index (χ0) is 27.9. The number of halogens is 3. The van der Waals surface area contributed by atoms with Crippen LogP contribution in [-0.2, 0) is 23.3 Å². The zero-order valence-electron chi connectivity index (χ0n) is 20.9. The van der Waals surface area contributed by atoms with Crippen molar-refractivity contribution in [2.75, 3.05) is 11.8 Å². The number of rotatable bonds is 7. The highest BCUT2D eigenvalue weighted by molar-refractivity contribution is 7.90. The molecule has 8 nitrogen and oxygen atoms in total. The molecule has 2 aliphatic rings. The third-order valence-electron chi connectivity index (χ3n) is 7.27. The van der Waals surface area contributed by atoms with E-state index in [9.17, 15) is 26.4 Å². The molecule has 2 heterocycles. The Morgan fingerprint density at radius 3 is 2.38 bits per heavy atom. The molecule has 0 spiro atoms. The summed E-state index contributed by atoms with van der Waals surface area (Å²) in [6.45, 7) is 0.218. The summed E-state index contributed by atoms with van der Waals surface area (Å²) >= 11 is 1.40. The number of carbonyl (C=O) groups is 1. The number of hydrogen-bond donors (Lipinski definition) is 2. The first-order valence-electron chi connectivity index (χ1n) is 12.3. The molecule has 1 aromatic heterocycles. The minimum absolute atomic E-state index is 0.0308. The van der Waals surface area contributed by atoms with Crippen LogP contribution in [0.3, 0.4) is 0 Å². The van der Waals surface area contributed by atoms with Crippen LogP contribution in [0.4, 0.5) is 18.9 Å². The van der Waals surface area contributed by atoms with E-state index in [-0.39, 0.29) is 48.8 Å². The molecule has 0 radical (unpaired) electrons. The van der Waals surface area contributed by atoms with Gasteiger partial charge < -0.3 is 9.84 Å². The SMILES string of the molecule is COc1cc(C(=O)O)ccc1NS(=O)(=O)N1Cc2nc(-c3ccc([C@H]4CC[C@H](C(F)(F)F)CC4)cc3)sc2C1. The second-order valence-electron chi connectivity index (χ2n) is 9.70. The van der Waals surface area contributed by atoms with Crippen LogP contribution in [0.15, 0.2) is 42.5 Å². The highest BCUT2D eigenvalue weighted by atomic mass is 32.2. The molecular formula is C26H26F3N3O5S2. The summed E-state index contributed by atoms with van der Waals surface area (Å²) in [6.07, 6.45) is -2.77. The molecule has 5 rings (SSSR count). The van der Waals surface area contributed by atoms with Crippen molar-refractivity contribution in [3.63, 3.8) is 0 Å². The summed E-state index contributed by atoms with van der Waals surface area (Å²) in [4.78, 5) is 16.7. The minimum atomic E-state index is -4.12. The molecule has 1 saturated carbocycles. The number of thiazole rings is 1. The van der Waals surface area contributed by atoms with Crippen LogP contribution in [0, 0.1) is 5.92 Å². The largest absolute Gasteiger partial charge is 0.495 e. The molecular weight excluding hydrogens is 555 g/mol. The second kappa shape index (κ2) is 10.4. The highest BCUT2D eigenvalue weighted by Crippen LogP contribution is 2.43. The van der Waals surface area contributed by atoms with Gasteiger partial charge in [-0.15, -0.1) is 11.3 Å². The fourth-order valence-corrected chi connectivity index (χ4v) is 7.41. The van der Waals surface area contributed by atoms with E-state index in [2.05, 4.69) is 9.71 Å². The predicted octanol–water partition coefficient (Wildman–Crippen LogP) is 6.03. The fraction of sp³-hybridized carbons (Fsp3) is 0.385. The Labute approximate surface area is 227 Å². The molecule has 0 saturated heterocycles. The van der Waals surface area contributed by atoms with E-state index in [1.165, 1.54) is 41.0 Å². The van der Waals surface area contributed by atoms with Crippen molar-refractivity contribution in [3.8, 4) is 16.3 Å². The van der Waals surface area contributed by atoms with Crippen molar-refractivity contribution in [2.45, 2.75) is 50.9 Å². The van der Waals surface area contributed by atoms with Crippen LogP contribution in [0.5, 0.6) is 5.75 Å². The lowest BCUT2D eigenvalue weighted by Crippen LogP contribution is -2.31. The molecule has 13 heteroatoms. The number of nitrogens with one attached hydrogen (secondary N) is 1. The van der Waals surface area contributed by atoms with Crippen LogP contribution < -0.4 is 9.46 Å². The van der Waals surface area contributed by atoms with Gasteiger partial charge in [-0.25, -0.2) is 9.78 Å². The van der Waals surface area contributed by atoms with Gasteiger partial charge in [-0.1, -0.05) is 24.3 Å². The first-order chi connectivity index (χ1) is 18.4. The van der Waals surface area contributed by atoms with Crippen molar-refractivity contribution in [1.82, 2.24) is 9.29 Å². The van der Waals surface area contributed by atoms with Crippen LogP contribution in [0.25, 0.3) is 10.6 Å². The summed E-state index contributed by atoms with van der Waals surface area (Å²) in [5.74, 6) is -2.16. The van der Waals surface area contributed by atoms with Crippen LogP contribution in [0.1, 0.15) is 58.1 Å². The Morgan fingerprint density at radius 1 is 1.10 bits per heavy atom. The highest BCUT2D eigenvalue weighted by Gasteiger charge is 2.41. The minimum Gasteiger partial charge on any atom is -0.495 e. The van der Waals surface area contributed by atoms with Gasteiger partial charge in [0.25, 0.3) is 0 Å². The first kappa shape index (κ1) is 27.4. The van der Waals surface area contributed by atoms with Gasteiger partial charge in [-0.2, -0.15) is 25.9 Å². The van der Waals surface area contributed by atoms with Gasteiger partial charge in [-0.05, 0) is 55.4 Å². The summed E-state index contributed by atoms with van der Waals surface area (Å²) < 4.78 is 73.8. The van der Waals surface area contributed by atoms with Gasteiger partial charge >= 0.3 is 22.4 Å². The molecule has 1 aliphatic carbocycles. The summed E-state index contributed by atoms with van der Waals surface area (Å²) in [6, 6.07) is 11.6. The lowest BCUT2D eigenvalue weighted by atomic mass is 9.78. The van der Waals surface area contributed by atoms with Gasteiger partial charge in [0.2, 0.25) is 0 Å². The number of hydrogen-bond acceptors (Lipinski definition) is 6. The molecule has 2 N–H and O–H groups in total. The maximum absolute atomic E-state index is 13.0. The fourth-order valence-electron chi connectivity index (χ4n) is 5.07. The Bertz CT molecular complexity index is 1460. The van der Waals surface area contributed by atoms with E-state index < -0.39 is 28.3 Å². The average molecular weight is 582 g/mol. The Morgan fingerprint density at radius 2 is 1.79 bits per heavy atom. The van der Waals surface area contributed by atoms with E-state index in [0.717, 1.165) is 21.0 Å². The van der Waals surface area contributed by atoms with E-state index >= 15 is 0 Å². The number of ether oxygens (including phenoxy) is 1. The van der Waals surface area contributed by atoms with Crippen molar-refractivity contribution in [3.05, 3.63) is 64.2 Å². The number of alkyl halides is 3. The van der Waals surface area contributed by atoms with Crippen molar-refractivity contribution < 1.29 is 36.2 Å². The predicted molar refractivity (Wildman–Crippen MR) is 140 cm³/mol. The van der Waals surface area contributed by atoms with Crippen molar-refractivity contribution >= 4 is 33.2 Å². The normalized spacial score (nSPS) is 20.0. The van der Waals surface area contributed by atoms with Gasteiger partial charge in [0.05, 0.1) is 43.1 Å². The number of aromatic nitrogens is 1. The number of aromatic carboxylic acids is 1. The molecule has 0 unspecified atom stereocenters. The number of carboxylic acids is 1. The van der Waals surface area contributed by atoms with Crippen LogP contribution >= 0.6 is 11.3 Å². The molecule has 1 aliphatic heterocycles. The maximum Gasteiger partial charge on any atom is 0.391 e. The van der Waals surface area contributed by atoms with E-state index in [1.807, 2.05) is 24.3 Å². The first-order valence-corrected chi connectivity index (χ1v) is 14.5. The molecule has 0 atom stereocenters. The van der Waals surface area contributed by atoms with Crippen LogP contribution in [-0.4, -0.2) is 42.1 Å². The number of benzene rings is 2. The van der Waals surface area contributed by atoms with Gasteiger partial charge in [0.15, 0.2) is 0 Å². The second-order valence-corrected chi connectivity index (χ2v) is 12.5. The maximum atomic E-state index is 13.0. The topological polar surface area (TPSA) is 109 Å². The summed E-state index contributed by atoms with van der Waals surface area (Å²) in [7, 11) is -2.65. The third kappa shape index (κ3) is 5.75. The number of fused-ring (bicyclic) bond motifs is 1. The molecule has 2 aromatic carbocycles. The van der Waals surface area contributed by atoms with Crippen molar-refractivity contribution in [1.29, 1.82) is 0 Å². The van der Waals surface area contributed by atoms with E-state index in [0.29, 0.717) is 18.5 Å². The smallest absolute Gasteiger partial charge is 0.391 e. The van der Waals surface area contributed by atoms with E-state index in [1.54, 1.807) is 0 Å². The number of carboxylic acid groups (broad SMARTS) is 1. The lowest BCUT2D eigenvalue weighted by Gasteiger charge is -2.30. The van der Waals surface area contributed by atoms with Gasteiger partial charge in [0, 0.05) is 10.4 Å². The van der Waals surface area contributed by atoms with Gasteiger partial charge in [0.1, 0.15) is 10.8 Å². The monoisotopic (exact) mass is 581 g/mol. The Hall–Kier alpha value is -3.16. The standard InChI is InChI=1S/C26H26F3N3O5S2/c1-37-22-12-18(25(33)34)8-11-20(22)31-39(35,36)32-13-21-23(14-32)38-24(30-21)17-4-2-15(3-5-17)16-6-9-19(10-7-16)26(27,28)29/h2-5,8,11-12,16,19,31H,6-7,9-10,13-14H2,1H3,(H,33,34)/t16-,19-. The summed E-state index contributed by atoms with van der Waals surface area (Å²) in [5, 5.41) is 9.90. The summed E-state index contributed by atoms with van der Waals surface area (Å²) in [5.41, 5.74) is 2.65. The lowest BCUT2D eigenvalue weighted by molar-refractivity contribution is -0.182. The quantitative estimate of drug-likeness (QED) is 0.353. The van der Waals surface area contributed by atoms with Crippen LogP contribution in [0.2, 0.25) is 0 Å². The molecule has 0 bridgehead atoms. The number of nitrogens with zero attached hydrogens (tertiary/aromatic N) is 2. The Balaban J connectivity index is 1.23. The van der Waals surface area contributed by atoms with E-state index in [4.69, 9.17) is 9.84 Å². The molecule has 208 valence electrons. The zero-order valence-corrected chi connectivity index (χ0v) is 22.5. The molecule has 3 aromatic rings. The molecule has 1 fully saturated rings.